The Morgan fingerprint density at radius 1 is 1.62 bits per heavy atom. The molecule has 0 aliphatic heterocycles. The zero-order valence-corrected chi connectivity index (χ0v) is 9.20. The second kappa shape index (κ2) is 3.88. The molecular weight excluding hydrogens is 205 g/mol. The summed E-state index contributed by atoms with van der Waals surface area (Å²) in [4.78, 5) is 0. The van der Waals surface area contributed by atoms with Gasteiger partial charge in [0, 0.05) is 0 Å². The topological polar surface area (TPSA) is 44.0 Å². The van der Waals surface area contributed by atoms with Crippen molar-refractivity contribution in [1.82, 2.24) is 0 Å². The largest absolute Gasteiger partial charge is 0.384 e. The van der Waals surface area contributed by atoms with Crippen LogP contribution in [-0.4, -0.2) is 5.11 Å². The van der Waals surface area contributed by atoms with Crippen molar-refractivity contribution in [2.45, 2.75) is 31.8 Å². The minimum Gasteiger partial charge on any atom is -0.384 e. The molecule has 0 aromatic heterocycles. The van der Waals surface area contributed by atoms with Crippen molar-refractivity contribution in [1.29, 1.82) is 5.26 Å². The first-order chi connectivity index (χ1) is 7.63. The summed E-state index contributed by atoms with van der Waals surface area (Å²) in [6, 6.07) is 6.84. The van der Waals surface area contributed by atoms with E-state index in [0.717, 1.165) is 0 Å². The molecule has 0 radical (unpaired) electrons. The lowest BCUT2D eigenvalue weighted by Crippen LogP contribution is -2.31. The van der Waals surface area contributed by atoms with Gasteiger partial charge in [0.1, 0.15) is 11.4 Å². The number of fused-ring (bicyclic) bond motifs is 1. The van der Waals surface area contributed by atoms with Crippen molar-refractivity contribution in [2.75, 3.05) is 0 Å². The van der Waals surface area contributed by atoms with Crippen LogP contribution in [0.3, 0.4) is 0 Å². The van der Waals surface area contributed by atoms with Crippen LogP contribution in [0, 0.1) is 23.1 Å². The van der Waals surface area contributed by atoms with Gasteiger partial charge in [-0.1, -0.05) is 19.1 Å². The van der Waals surface area contributed by atoms with Crippen molar-refractivity contribution in [3.8, 4) is 6.07 Å². The summed E-state index contributed by atoms with van der Waals surface area (Å²) >= 11 is 0. The Kier molecular flexibility index (Phi) is 2.69. The molecule has 2 unspecified atom stereocenters. The standard InChI is InChI=1S/C13H14FNO/c1-2-9(8-15)13(16)7-6-10-11(13)4-3-5-12(10)14/h3-5,9,16H,2,6-7H2,1H3. The van der Waals surface area contributed by atoms with E-state index in [0.29, 0.717) is 30.4 Å². The van der Waals surface area contributed by atoms with E-state index in [1.54, 1.807) is 12.1 Å². The maximum absolute atomic E-state index is 13.5. The van der Waals surface area contributed by atoms with E-state index in [-0.39, 0.29) is 5.82 Å². The number of rotatable bonds is 2. The molecule has 0 saturated carbocycles. The van der Waals surface area contributed by atoms with Crippen molar-refractivity contribution in [3.63, 3.8) is 0 Å². The van der Waals surface area contributed by atoms with Crippen molar-refractivity contribution >= 4 is 0 Å². The maximum Gasteiger partial charge on any atom is 0.126 e. The third kappa shape index (κ3) is 1.42. The van der Waals surface area contributed by atoms with Crippen molar-refractivity contribution < 1.29 is 9.50 Å². The zero-order chi connectivity index (χ0) is 11.8. The molecule has 2 nitrogen and oxygen atoms in total. The predicted molar refractivity (Wildman–Crippen MR) is 58.0 cm³/mol. The number of nitrogens with zero attached hydrogens (tertiary/aromatic N) is 1. The highest BCUT2D eigenvalue weighted by atomic mass is 19.1. The van der Waals surface area contributed by atoms with Crippen LogP contribution < -0.4 is 0 Å². The number of hydrogen-bond acceptors (Lipinski definition) is 2. The molecule has 0 saturated heterocycles. The lowest BCUT2D eigenvalue weighted by atomic mass is 9.82. The van der Waals surface area contributed by atoms with Gasteiger partial charge in [-0.2, -0.15) is 5.26 Å². The molecule has 0 spiro atoms. The highest BCUT2D eigenvalue weighted by Crippen LogP contribution is 2.43. The average Bonchev–Trinajstić information content (AvgIpc) is 2.61. The molecule has 1 aliphatic carbocycles. The van der Waals surface area contributed by atoms with Gasteiger partial charge in [-0.05, 0) is 36.5 Å². The minimum atomic E-state index is -1.17. The van der Waals surface area contributed by atoms with Crippen LogP contribution in [-0.2, 0) is 12.0 Å². The molecule has 2 atom stereocenters. The quantitative estimate of drug-likeness (QED) is 0.830. The summed E-state index contributed by atoms with van der Waals surface area (Å²) < 4.78 is 13.5. The molecule has 1 N–H and O–H groups in total. The molecule has 3 heteroatoms. The van der Waals surface area contributed by atoms with Crippen molar-refractivity contribution in [2.24, 2.45) is 5.92 Å². The SMILES string of the molecule is CCC(C#N)C1(O)CCc2c(F)cccc21. The molecule has 1 aromatic rings. The molecule has 0 heterocycles. The molecule has 1 aromatic carbocycles. The van der Waals surface area contributed by atoms with Gasteiger partial charge in [-0.15, -0.1) is 0 Å². The first-order valence-electron chi connectivity index (χ1n) is 5.53. The Morgan fingerprint density at radius 3 is 3.00 bits per heavy atom. The van der Waals surface area contributed by atoms with Gasteiger partial charge >= 0.3 is 0 Å². The van der Waals surface area contributed by atoms with Crippen LogP contribution in [0.25, 0.3) is 0 Å². The Hall–Kier alpha value is -1.40. The molecule has 1 aliphatic rings. The van der Waals surface area contributed by atoms with Crippen LogP contribution >= 0.6 is 0 Å². The number of nitriles is 1. The first-order valence-corrected chi connectivity index (χ1v) is 5.53. The van der Waals surface area contributed by atoms with E-state index in [1.807, 2.05) is 6.92 Å². The maximum atomic E-state index is 13.5. The number of hydrogen-bond donors (Lipinski definition) is 1. The van der Waals surface area contributed by atoms with E-state index < -0.39 is 11.5 Å². The number of halogens is 1. The normalized spacial score (nSPS) is 24.9. The molecule has 0 bridgehead atoms. The Bertz CT molecular complexity index is 452. The van der Waals surface area contributed by atoms with Crippen LogP contribution in [0.15, 0.2) is 18.2 Å². The van der Waals surface area contributed by atoms with Gasteiger partial charge < -0.3 is 5.11 Å². The van der Waals surface area contributed by atoms with E-state index in [4.69, 9.17) is 5.26 Å². The lowest BCUT2D eigenvalue weighted by Gasteiger charge is -2.28. The fourth-order valence-electron chi connectivity index (χ4n) is 2.57. The molecule has 0 fully saturated rings. The summed E-state index contributed by atoms with van der Waals surface area (Å²) in [5, 5.41) is 19.6. The van der Waals surface area contributed by atoms with Gasteiger partial charge in [0.2, 0.25) is 0 Å². The van der Waals surface area contributed by atoms with Gasteiger partial charge in [-0.25, -0.2) is 4.39 Å². The fraction of sp³-hybridized carbons (Fsp3) is 0.462. The van der Waals surface area contributed by atoms with Crippen molar-refractivity contribution in [3.05, 3.63) is 35.1 Å². The number of benzene rings is 1. The van der Waals surface area contributed by atoms with E-state index in [2.05, 4.69) is 6.07 Å². The lowest BCUT2D eigenvalue weighted by molar-refractivity contribution is -0.00229. The highest BCUT2D eigenvalue weighted by molar-refractivity contribution is 5.39. The summed E-state index contributed by atoms with van der Waals surface area (Å²) in [7, 11) is 0. The third-order valence-corrected chi connectivity index (χ3v) is 3.48. The van der Waals surface area contributed by atoms with Crippen LogP contribution in [0.2, 0.25) is 0 Å². The fourth-order valence-corrected chi connectivity index (χ4v) is 2.57. The van der Waals surface area contributed by atoms with E-state index in [9.17, 15) is 9.50 Å². The summed E-state index contributed by atoms with van der Waals surface area (Å²) in [6.07, 6.45) is 1.52. The summed E-state index contributed by atoms with van der Waals surface area (Å²) in [5.74, 6) is -0.739. The monoisotopic (exact) mass is 219 g/mol. The minimum absolute atomic E-state index is 0.277. The third-order valence-electron chi connectivity index (χ3n) is 3.48. The zero-order valence-electron chi connectivity index (χ0n) is 9.20. The van der Waals surface area contributed by atoms with Crippen LogP contribution in [0.5, 0.6) is 0 Å². The Morgan fingerprint density at radius 2 is 2.38 bits per heavy atom. The van der Waals surface area contributed by atoms with Gasteiger partial charge in [0.05, 0.1) is 12.0 Å². The van der Waals surface area contributed by atoms with Crippen LogP contribution in [0.1, 0.15) is 30.9 Å². The molecule has 0 amide bonds. The second-order valence-electron chi connectivity index (χ2n) is 4.28. The van der Waals surface area contributed by atoms with Gasteiger partial charge in [0.25, 0.3) is 0 Å². The predicted octanol–water partition coefficient (Wildman–Crippen LogP) is 2.51. The molecule has 84 valence electrons. The highest BCUT2D eigenvalue weighted by Gasteiger charge is 2.43. The smallest absolute Gasteiger partial charge is 0.126 e. The summed E-state index contributed by atoms with van der Waals surface area (Å²) in [6.45, 7) is 1.86. The molecular formula is C13H14FNO. The molecule has 16 heavy (non-hydrogen) atoms. The van der Waals surface area contributed by atoms with Gasteiger partial charge in [0.15, 0.2) is 0 Å². The van der Waals surface area contributed by atoms with E-state index >= 15 is 0 Å². The van der Waals surface area contributed by atoms with Crippen LogP contribution in [0.4, 0.5) is 4.39 Å². The average molecular weight is 219 g/mol. The second-order valence-corrected chi connectivity index (χ2v) is 4.28. The van der Waals surface area contributed by atoms with E-state index in [1.165, 1.54) is 6.07 Å². The summed E-state index contributed by atoms with van der Waals surface area (Å²) in [5.41, 5.74) is 0.000556. The number of aliphatic hydroxyl groups is 1. The Labute approximate surface area is 94.3 Å². The Balaban J connectivity index is 2.51. The molecule has 2 rings (SSSR count). The first kappa shape index (κ1) is 11.1. The van der Waals surface area contributed by atoms with Gasteiger partial charge in [-0.3, -0.25) is 0 Å².